The molecule has 0 N–H and O–H groups in total. The van der Waals surface area contributed by atoms with Gasteiger partial charge in [0, 0.05) is 24.2 Å². The Kier molecular flexibility index (Phi) is 3.94. The minimum Gasteiger partial charge on any atom is -0.497 e. The van der Waals surface area contributed by atoms with Gasteiger partial charge in [-0.1, -0.05) is 12.1 Å². The third-order valence-corrected chi connectivity index (χ3v) is 4.87. The SMILES string of the molecule is COc1ccc(-c2cnn3c(C4CCCN(C)C4)ccnc23)cc1. The van der Waals surface area contributed by atoms with Gasteiger partial charge in [-0.15, -0.1) is 0 Å². The molecule has 1 aliphatic rings. The number of fused-ring (bicyclic) bond motifs is 1. The lowest BCUT2D eigenvalue weighted by atomic mass is 9.95. The normalized spacial score (nSPS) is 18.8. The van der Waals surface area contributed by atoms with Crippen LogP contribution in [-0.2, 0) is 0 Å². The smallest absolute Gasteiger partial charge is 0.163 e. The van der Waals surface area contributed by atoms with Crippen LogP contribution in [0.5, 0.6) is 5.75 Å². The van der Waals surface area contributed by atoms with Gasteiger partial charge in [-0.25, -0.2) is 9.50 Å². The van der Waals surface area contributed by atoms with E-state index < -0.39 is 0 Å². The van der Waals surface area contributed by atoms with Crippen molar-refractivity contribution in [1.29, 1.82) is 0 Å². The summed E-state index contributed by atoms with van der Waals surface area (Å²) in [6.45, 7) is 2.26. The first-order chi connectivity index (χ1) is 11.8. The molecule has 2 aromatic heterocycles. The molecule has 1 saturated heterocycles. The predicted octanol–water partition coefficient (Wildman–Crippen LogP) is 3.21. The molecule has 24 heavy (non-hydrogen) atoms. The van der Waals surface area contributed by atoms with Crippen LogP contribution in [0.1, 0.15) is 24.5 Å². The van der Waals surface area contributed by atoms with Crippen molar-refractivity contribution in [2.75, 3.05) is 27.2 Å². The monoisotopic (exact) mass is 322 g/mol. The van der Waals surface area contributed by atoms with E-state index in [1.54, 1.807) is 7.11 Å². The second-order valence-electron chi connectivity index (χ2n) is 6.49. The summed E-state index contributed by atoms with van der Waals surface area (Å²) in [5.74, 6) is 1.37. The molecule has 3 aromatic rings. The molecule has 4 rings (SSSR count). The van der Waals surface area contributed by atoms with Crippen molar-refractivity contribution >= 4 is 5.65 Å². The Morgan fingerprint density at radius 1 is 1.17 bits per heavy atom. The van der Waals surface area contributed by atoms with Crippen molar-refractivity contribution in [3.8, 4) is 16.9 Å². The molecule has 0 saturated carbocycles. The summed E-state index contributed by atoms with van der Waals surface area (Å²) >= 11 is 0. The molecular weight excluding hydrogens is 300 g/mol. The maximum Gasteiger partial charge on any atom is 0.163 e. The van der Waals surface area contributed by atoms with Crippen LogP contribution in [0.4, 0.5) is 0 Å². The standard InChI is InChI=1S/C19H22N4O/c1-22-11-3-4-15(13-22)18-9-10-20-19-17(12-21-23(18)19)14-5-7-16(24-2)8-6-14/h5-10,12,15H,3-4,11,13H2,1-2H3. The number of hydrogen-bond donors (Lipinski definition) is 0. The van der Waals surface area contributed by atoms with Gasteiger partial charge in [0.1, 0.15) is 5.75 Å². The number of piperidine rings is 1. The summed E-state index contributed by atoms with van der Waals surface area (Å²) in [5.41, 5.74) is 4.34. The average Bonchev–Trinajstić information content (AvgIpc) is 3.06. The highest BCUT2D eigenvalue weighted by Crippen LogP contribution is 2.30. The second-order valence-corrected chi connectivity index (χ2v) is 6.49. The van der Waals surface area contributed by atoms with Crippen molar-refractivity contribution in [1.82, 2.24) is 19.5 Å². The third-order valence-electron chi connectivity index (χ3n) is 4.87. The van der Waals surface area contributed by atoms with Gasteiger partial charge in [0.15, 0.2) is 5.65 Å². The van der Waals surface area contributed by atoms with Crippen LogP contribution in [0.25, 0.3) is 16.8 Å². The highest BCUT2D eigenvalue weighted by molar-refractivity contribution is 5.77. The van der Waals surface area contributed by atoms with Gasteiger partial charge >= 0.3 is 0 Å². The van der Waals surface area contributed by atoms with Gasteiger partial charge in [-0.3, -0.25) is 0 Å². The molecule has 1 atom stereocenters. The third kappa shape index (κ3) is 2.65. The zero-order valence-corrected chi connectivity index (χ0v) is 14.1. The quantitative estimate of drug-likeness (QED) is 0.742. The molecular formula is C19H22N4O. The first-order valence-electron chi connectivity index (χ1n) is 8.42. The maximum atomic E-state index is 5.24. The number of aromatic nitrogens is 3. The van der Waals surface area contributed by atoms with Crippen LogP contribution in [0.15, 0.2) is 42.7 Å². The van der Waals surface area contributed by atoms with E-state index in [0.717, 1.165) is 29.1 Å². The molecule has 124 valence electrons. The van der Waals surface area contributed by atoms with Gasteiger partial charge in [0.25, 0.3) is 0 Å². The fraction of sp³-hybridized carbons (Fsp3) is 0.368. The van der Waals surface area contributed by atoms with Gasteiger partial charge in [0.05, 0.1) is 19.0 Å². The van der Waals surface area contributed by atoms with Crippen LogP contribution in [0, 0.1) is 0 Å². The summed E-state index contributed by atoms with van der Waals surface area (Å²) in [7, 11) is 3.87. The van der Waals surface area contributed by atoms with Gasteiger partial charge in [0.2, 0.25) is 0 Å². The second kappa shape index (κ2) is 6.24. The van der Waals surface area contributed by atoms with Gasteiger partial charge < -0.3 is 9.64 Å². The molecule has 1 unspecified atom stereocenters. The Balaban J connectivity index is 1.75. The predicted molar refractivity (Wildman–Crippen MR) is 94.4 cm³/mol. The first-order valence-corrected chi connectivity index (χ1v) is 8.42. The van der Waals surface area contributed by atoms with E-state index in [1.807, 2.05) is 29.0 Å². The average molecular weight is 322 g/mol. The summed E-state index contributed by atoms with van der Waals surface area (Å²) in [6, 6.07) is 10.2. The molecule has 1 fully saturated rings. The Labute approximate surface area is 141 Å². The summed E-state index contributed by atoms with van der Waals surface area (Å²) in [4.78, 5) is 6.99. The molecule has 1 aromatic carbocycles. The van der Waals surface area contributed by atoms with Crippen LogP contribution < -0.4 is 4.74 Å². The number of benzene rings is 1. The van der Waals surface area contributed by atoms with E-state index in [4.69, 9.17) is 4.74 Å². The van der Waals surface area contributed by atoms with E-state index >= 15 is 0 Å². The van der Waals surface area contributed by atoms with Crippen LogP contribution in [0.3, 0.4) is 0 Å². The van der Waals surface area contributed by atoms with E-state index in [1.165, 1.54) is 25.1 Å². The minimum atomic E-state index is 0.512. The summed E-state index contributed by atoms with van der Waals surface area (Å²) < 4.78 is 7.26. The Morgan fingerprint density at radius 3 is 2.75 bits per heavy atom. The molecule has 5 heteroatoms. The number of nitrogens with zero attached hydrogens (tertiary/aromatic N) is 4. The molecule has 0 aliphatic carbocycles. The van der Waals surface area contributed by atoms with Crippen LogP contribution in [-0.4, -0.2) is 46.7 Å². The topological polar surface area (TPSA) is 42.7 Å². The lowest BCUT2D eigenvalue weighted by molar-refractivity contribution is 0.247. The zero-order valence-electron chi connectivity index (χ0n) is 14.1. The Hall–Kier alpha value is -2.40. The zero-order chi connectivity index (χ0) is 16.5. The van der Waals surface area contributed by atoms with Crippen LogP contribution in [0.2, 0.25) is 0 Å². The molecule has 3 heterocycles. The largest absolute Gasteiger partial charge is 0.497 e. The highest BCUT2D eigenvalue weighted by Gasteiger charge is 2.22. The van der Waals surface area contributed by atoms with Gasteiger partial charge in [-0.05, 0) is 50.2 Å². The Morgan fingerprint density at radius 2 is 2.00 bits per heavy atom. The number of methoxy groups -OCH3 is 1. The molecule has 0 amide bonds. The number of rotatable bonds is 3. The fourth-order valence-corrected chi connectivity index (χ4v) is 3.60. The molecule has 0 spiro atoms. The fourth-order valence-electron chi connectivity index (χ4n) is 3.60. The van der Waals surface area contributed by atoms with E-state index in [0.29, 0.717) is 5.92 Å². The molecule has 5 nitrogen and oxygen atoms in total. The van der Waals surface area contributed by atoms with Gasteiger partial charge in [-0.2, -0.15) is 5.10 Å². The Bertz CT molecular complexity index is 840. The number of ether oxygens (including phenoxy) is 1. The number of likely N-dealkylation sites (tertiary alicyclic amines) is 1. The van der Waals surface area contributed by atoms with Crippen molar-refractivity contribution in [2.45, 2.75) is 18.8 Å². The minimum absolute atomic E-state index is 0.512. The maximum absolute atomic E-state index is 5.24. The lowest BCUT2D eigenvalue weighted by Crippen LogP contribution is -2.31. The van der Waals surface area contributed by atoms with Crippen molar-refractivity contribution in [3.63, 3.8) is 0 Å². The summed E-state index contributed by atoms with van der Waals surface area (Å²) in [5, 5.41) is 4.64. The first kappa shape index (κ1) is 15.1. The molecule has 1 aliphatic heterocycles. The van der Waals surface area contributed by atoms with E-state index in [9.17, 15) is 0 Å². The highest BCUT2D eigenvalue weighted by atomic mass is 16.5. The van der Waals surface area contributed by atoms with E-state index in [2.05, 4.69) is 40.2 Å². The molecule has 0 radical (unpaired) electrons. The summed E-state index contributed by atoms with van der Waals surface area (Å²) in [6.07, 6.45) is 6.27. The van der Waals surface area contributed by atoms with Crippen LogP contribution >= 0.6 is 0 Å². The van der Waals surface area contributed by atoms with Crippen molar-refractivity contribution < 1.29 is 4.74 Å². The molecule has 0 bridgehead atoms. The van der Waals surface area contributed by atoms with Crippen molar-refractivity contribution in [2.24, 2.45) is 0 Å². The van der Waals surface area contributed by atoms with E-state index in [-0.39, 0.29) is 0 Å². The van der Waals surface area contributed by atoms with Crippen molar-refractivity contribution in [3.05, 3.63) is 48.4 Å². The lowest BCUT2D eigenvalue weighted by Gasteiger charge is -2.29. The number of hydrogen-bond acceptors (Lipinski definition) is 4. The number of likely N-dealkylation sites (N-methyl/N-ethyl adjacent to an activating group) is 1.